The number of amides is 2. The molecule has 3 aromatic rings. The molecular formula is C25H28N4O4. The van der Waals surface area contributed by atoms with Gasteiger partial charge >= 0.3 is 0 Å². The molecule has 1 atom stereocenters. The number of nitrogens with zero attached hydrogens (tertiary/aromatic N) is 3. The SMILES string of the molecule is O=C(c1ccccc1OCC1CCCN(C(=O)c2n[nH]c3ccccc23)C1)N1CCOCC1. The molecular weight excluding hydrogens is 420 g/mol. The fourth-order valence-electron chi connectivity index (χ4n) is 4.58. The molecule has 2 aromatic carbocycles. The minimum Gasteiger partial charge on any atom is -0.492 e. The number of carbonyl (C=O) groups excluding carboxylic acids is 2. The molecule has 2 saturated heterocycles. The highest BCUT2D eigenvalue weighted by atomic mass is 16.5. The van der Waals surface area contributed by atoms with E-state index in [9.17, 15) is 9.59 Å². The quantitative estimate of drug-likeness (QED) is 0.648. The van der Waals surface area contributed by atoms with Gasteiger partial charge in [-0.15, -0.1) is 0 Å². The fourth-order valence-corrected chi connectivity index (χ4v) is 4.58. The predicted molar refractivity (Wildman–Crippen MR) is 123 cm³/mol. The maximum Gasteiger partial charge on any atom is 0.275 e. The molecule has 3 heterocycles. The van der Waals surface area contributed by atoms with Crippen molar-refractivity contribution in [2.24, 2.45) is 5.92 Å². The highest BCUT2D eigenvalue weighted by molar-refractivity contribution is 6.04. The van der Waals surface area contributed by atoms with Crippen LogP contribution in [0.15, 0.2) is 48.5 Å². The van der Waals surface area contributed by atoms with Crippen LogP contribution in [0.25, 0.3) is 10.9 Å². The van der Waals surface area contributed by atoms with Crippen molar-refractivity contribution < 1.29 is 19.1 Å². The summed E-state index contributed by atoms with van der Waals surface area (Å²) in [7, 11) is 0. The Balaban J connectivity index is 1.24. The first-order chi connectivity index (χ1) is 16.2. The molecule has 1 aromatic heterocycles. The van der Waals surface area contributed by atoms with Gasteiger partial charge in [0.2, 0.25) is 0 Å². The molecule has 2 amide bonds. The number of likely N-dealkylation sites (tertiary alicyclic amines) is 1. The summed E-state index contributed by atoms with van der Waals surface area (Å²) >= 11 is 0. The summed E-state index contributed by atoms with van der Waals surface area (Å²) in [5.74, 6) is 0.704. The number of benzene rings is 2. The number of rotatable bonds is 5. The van der Waals surface area contributed by atoms with Crippen LogP contribution in [0.1, 0.15) is 33.7 Å². The normalized spacial score (nSPS) is 19.0. The number of hydrogen-bond donors (Lipinski definition) is 1. The number of para-hydroxylation sites is 2. The van der Waals surface area contributed by atoms with Gasteiger partial charge in [0.25, 0.3) is 11.8 Å². The van der Waals surface area contributed by atoms with Gasteiger partial charge in [-0.2, -0.15) is 5.10 Å². The third-order valence-electron chi connectivity index (χ3n) is 6.37. The van der Waals surface area contributed by atoms with E-state index in [-0.39, 0.29) is 17.7 Å². The lowest BCUT2D eigenvalue weighted by atomic mass is 9.98. The number of fused-ring (bicyclic) bond motifs is 1. The van der Waals surface area contributed by atoms with Crippen molar-refractivity contribution in [1.82, 2.24) is 20.0 Å². The summed E-state index contributed by atoms with van der Waals surface area (Å²) in [5, 5.41) is 8.05. The van der Waals surface area contributed by atoms with Gasteiger partial charge in [0, 0.05) is 37.5 Å². The van der Waals surface area contributed by atoms with E-state index in [0.717, 1.165) is 23.7 Å². The van der Waals surface area contributed by atoms with Crippen LogP contribution in [0, 0.1) is 5.92 Å². The van der Waals surface area contributed by atoms with Gasteiger partial charge in [-0.3, -0.25) is 14.7 Å². The molecule has 0 aliphatic carbocycles. The lowest BCUT2D eigenvalue weighted by Gasteiger charge is -2.32. The van der Waals surface area contributed by atoms with E-state index in [4.69, 9.17) is 9.47 Å². The van der Waals surface area contributed by atoms with Gasteiger partial charge in [-0.25, -0.2) is 0 Å². The van der Waals surface area contributed by atoms with Crippen LogP contribution in [0.5, 0.6) is 5.75 Å². The van der Waals surface area contributed by atoms with Gasteiger partial charge in [0.15, 0.2) is 5.69 Å². The van der Waals surface area contributed by atoms with E-state index in [1.165, 1.54) is 0 Å². The van der Waals surface area contributed by atoms with Crippen LogP contribution in [0.3, 0.4) is 0 Å². The Bertz CT molecular complexity index is 1140. The standard InChI is InChI=1S/C25H28N4O4/c30-24(28-12-14-32-15-13-28)20-8-2-4-10-22(20)33-17-18-6-5-11-29(16-18)25(31)23-19-7-1-3-9-21(19)26-27-23/h1-4,7-10,18H,5-6,11-17H2,(H,26,27). The Hall–Kier alpha value is -3.39. The molecule has 2 aliphatic heterocycles. The largest absolute Gasteiger partial charge is 0.492 e. The first-order valence-electron chi connectivity index (χ1n) is 11.5. The van der Waals surface area contributed by atoms with Crippen molar-refractivity contribution in [3.05, 3.63) is 59.8 Å². The van der Waals surface area contributed by atoms with E-state index < -0.39 is 0 Å². The molecule has 0 radical (unpaired) electrons. The molecule has 0 saturated carbocycles. The topological polar surface area (TPSA) is 87.8 Å². The van der Waals surface area contributed by atoms with Crippen LogP contribution in [0.2, 0.25) is 0 Å². The maximum absolute atomic E-state index is 13.2. The number of piperidine rings is 1. The third-order valence-corrected chi connectivity index (χ3v) is 6.37. The number of aromatic amines is 1. The van der Waals surface area contributed by atoms with E-state index in [1.54, 1.807) is 4.90 Å². The lowest BCUT2D eigenvalue weighted by molar-refractivity contribution is 0.0299. The zero-order valence-corrected chi connectivity index (χ0v) is 18.5. The van der Waals surface area contributed by atoms with Crippen molar-refractivity contribution in [2.45, 2.75) is 12.8 Å². The highest BCUT2D eigenvalue weighted by Crippen LogP contribution is 2.25. The van der Waals surface area contributed by atoms with Crippen LogP contribution in [0.4, 0.5) is 0 Å². The van der Waals surface area contributed by atoms with E-state index in [2.05, 4.69) is 10.2 Å². The van der Waals surface area contributed by atoms with Gasteiger partial charge in [-0.1, -0.05) is 30.3 Å². The monoisotopic (exact) mass is 448 g/mol. The summed E-state index contributed by atoms with van der Waals surface area (Å²) in [4.78, 5) is 29.8. The van der Waals surface area contributed by atoms with Gasteiger partial charge in [-0.05, 0) is 31.0 Å². The zero-order valence-electron chi connectivity index (χ0n) is 18.5. The third kappa shape index (κ3) is 4.57. The predicted octanol–water partition coefficient (Wildman–Crippen LogP) is 2.97. The number of aromatic nitrogens is 2. The van der Waals surface area contributed by atoms with E-state index >= 15 is 0 Å². The number of ether oxygens (including phenoxy) is 2. The molecule has 172 valence electrons. The molecule has 8 heteroatoms. The summed E-state index contributed by atoms with van der Waals surface area (Å²) in [6, 6.07) is 15.1. The van der Waals surface area contributed by atoms with Crippen LogP contribution < -0.4 is 4.74 Å². The Morgan fingerprint density at radius 3 is 2.67 bits per heavy atom. The number of hydrogen-bond acceptors (Lipinski definition) is 5. The average molecular weight is 449 g/mol. The lowest BCUT2D eigenvalue weighted by Crippen LogP contribution is -2.42. The van der Waals surface area contributed by atoms with E-state index in [1.807, 2.05) is 53.4 Å². The number of nitrogens with one attached hydrogen (secondary N) is 1. The summed E-state index contributed by atoms with van der Waals surface area (Å²) < 4.78 is 11.5. The van der Waals surface area contributed by atoms with Gasteiger partial charge in [0.1, 0.15) is 5.75 Å². The molecule has 8 nitrogen and oxygen atoms in total. The second-order valence-electron chi connectivity index (χ2n) is 8.59. The molecule has 2 fully saturated rings. The molecule has 0 spiro atoms. The maximum atomic E-state index is 13.2. The first kappa shape index (κ1) is 21.5. The van der Waals surface area contributed by atoms with Gasteiger partial charge < -0.3 is 19.3 Å². The summed E-state index contributed by atoms with van der Waals surface area (Å²) in [6.07, 6.45) is 1.89. The second-order valence-corrected chi connectivity index (χ2v) is 8.59. The van der Waals surface area contributed by atoms with Gasteiger partial charge in [0.05, 0.1) is 30.9 Å². The minimum atomic E-state index is -0.0555. The fraction of sp³-hybridized carbons (Fsp3) is 0.400. The Morgan fingerprint density at radius 1 is 1.00 bits per heavy atom. The smallest absolute Gasteiger partial charge is 0.275 e. The van der Waals surface area contributed by atoms with E-state index in [0.29, 0.717) is 63.0 Å². The highest BCUT2D eigenvalue weighted by Gasteiger charge is 2.28. The van der Waals surface area contributed by atoms with Crippen molar-refractivity contribution in [3.63, 3.8) is 0 Å². The summed E-state index contributed by atoms with van der Waals surface area (Å²) in [5.41, 5.74) is 1.90. The van der Waals surface area contributed by atoms with Crippen LogP contribution >= 0.6 is 0 Å². The Morgan fingerprint density at radius 2 is 1.79 bits per heavy atom. The number of carbonyl (C=O) groups is 2. The number of H-pyrrole nitrogens is 1. The second kappa shape index (κ2) is 9.62. The molecule has 5 rings (SSSR count). The molecule has 0 bridgehead atoms. The van der Waals surface area contributed by atoms with Crippen molar-refractivity contribution in [3.8, 4) is 5.75 Å². The van der Waals surface area contributed by atoms with Crippen molar-refractivity contribution >= 4 is 22.7 Å². The Labute approximate surface area is 192 Å². The zero-order chi connectivity index (χ0) is 22.6. The molecule has 2 aliphatic rings. The summed E-state index contributed by atoms with van der Waals surface area (Å²) in [6.45, 7) is 4.09. The van der Waals surface area contributed by atoms with Crippen molar-refractivity contribution in [2.75, 3.05) is 46.0 Å². The number of morpholine rings is 1. The molecule has 1 unspecified atom stereocenters. The average Bonchev–Trinajstić information content (AvgIpc) is 3.32. The molecule has 33 heavy (non-hydrogen) atoms. The van der Waals surface area contributed by atoms with Crippen LogP contribution in [-0.4, -0.2) is 77.8 Å². The molecule has 1 N–H and O–H groups in total. The first-order valence-corrected chi connectivity index (χ1v) is 11.5. The Kier molecular flexibility index (Phi) is 6.26. The minimum absolute atomic E-state index is 0.0280. The van der Waals surface area contributed by atoms with Crippen molar-refractivity contribution in [1.29, 1.82) is 0 Å². The van der Waals surface area contributed by atoms with Crippen LogP contribution in [-0.2, 0) is 4.74 Å².